The van der Waals surface area contributed by atoms with Gasteiger partial charge in [-0.3, -0.25) is 4.98 Å². The monoisotopic (exact) mass is 493 g/mol. The van der Waals surface area contributed by atoms with Crippen molar-refractivity contribution in [2.24, 2.45) is 0 Å². The Balaban J connectivity index is 2.09. The van der Waals surface area contributed by atoms with E-state index in [9.17, 15) is 31.4 Å². The van der Waals surface area contributed by atoms with Gasteiger partial charge in [0.1, 0.15) is 17.1 Å². The fraction of sp³-hybridized carbons (Fsp3) is 0.316. The molecule has 3 heterocycles. The Labute approximate surface area is 197 Å². The van der Waals surface area contributed by atoms with Gasteiger partial charge in [-0.15, -0.1) is 0 Å². The van der Waals surface area contributed by atoms with Crippen molar-refractivity contribution in [3.63, 3.8) is 0 Å². The number of nitrogens with zero attached hydrogens (tertiary/aromatic N) is 5. The van der Waals surface area contributed by atoms with E-state index in [2.05, 4.69) is 35.6 Å². The molecule has 4 radical (unpaired) electrons. The molecular formula is C19H15B2F6N7O. The molecule has 0 saturated heterocycles. The third-order valence-electron chi connectivity index (χ3n) is 4.54. The van der Waals surface area contributed by atoms with Crippen LogP contribution in [-0.2, 0) is 12.4 Å². The lowest BCUT2D eigenvalue weighted by Gasteiger charge is -2.39. The predicted molar refractivity (Wildman–Crippen MR) is 115 cm³/mol. The smallest absolute Gasteiger partial charge is 0.390 e. The minimum absolute atomic E-state index is 0.137. The second-order valence-corrected chi connectivity index (χ2v) is 7.82. The van der Waals surface area contributed by atoms with Crippen LogP contribution in [0.4, 0.5) is 43.9 Å². The van der Waals surface area contributed by atoms with Gasteiger partial charge in [-0.2, -0.15) is 41.3 Å². The number of aromatic nitrogens is 5. The van der Waals surface area contributed by atoms with Gasteiger partial charge in [0.25, 0.3) is 0 Å². The van der Waals surface area contributed by atoms with Gasteiger partial charge in [0, 0.05) is 11.9 Å². The Hall–Kier alpha value is -3.42. The molecule has 3 aromatic rings. The minimum Gasteiger partial charge on any atom is -0.390 e. The van der Waals surface area contributed by atoms with Crippen LogP contribution in [0, 0.1) is 0 Å². The lowest BCUT2D eigenvalue weighted by molar-refractivity contribution is -0.141. The van der Waals surface area contributed by atoms with E-state index >= 15 is 0 Å². The van der Waals surface area contributed by atoms with Crippen LogP contribution in [-0.4, -0.2) is 56.7 Å². The van der Waals surface area contributed by atoms with E-state index in [1.807, 2.05) is 0 Å². The molecule has 0 bridgehead atoms. The van der Waals surface area contributed by atoms with Gasteiger partial charge in [-0.1, -0.05) is 6.07 Å². The Morgan fingerprint density at radius 1 is 0.829 bits per heavy atom. The lowest BCUT2D eigenvalue weighted by atomic mass is 9.54. The molecule has 0 spiro atoms. The molecule has 0 amide bonds. The molecule has 3 rings (SSSR count). The van der Waals surface area contributed by atoms with Crippen molar-refractivity contribution < 1.29 is 31.4 Å². The van der Waals surface area contributed by atoms with Crippen molar-refractivity contribution in [1.29, 1.82) is 0 Å². The number of hydrogen-bond donors (Lipinski definition) is 3. The lowest BCUT2D eigenvalue weighted by Crippen LogP contribution is -2.57. The largest absolute Gasteiger partial charge is 0.433 e. The van der Waals surface area contributed by atoms with Gasteiger partial charge >= 0.3 is 12.4 Å². The highest BCUT2D eigenvalue weighted by Gasteiger charge is 2.36. The summed E-state index contributed by atoms with van der Waals surface area (Å²) in [6.07, 6.45) is -8.61. The van der Waals surface area contributed by atoms with Gasteiger partial charge in [0.15, 0.2) is 5.82 Å². The highest BCUT2D eigenvalue weighted by Crippen LogP contribution is 2.31. The summed E-state index contributed by atoms with van der Waals surface area (Å²) < 4.78 is 78.3. The number of nitrogens with one attached hydrogen (secondary N) is 2. The summed E-state index contributed by atoms with van der Waals surface area (Å²) in [7, 11) is 11.7. The first-order valence-corrected chi connectivity index (χ1v) is 9.65. The van der Waals surface area contributed by atoms with Crippen molar-refractivity contribution in [2.75, 3.05) is 10.6 Å². The Morgan fingerprint density at radius 3 is 2.06 bits per heavy atom. The summed E-state index contributed by atoms with van der Waals surface area (Å²) in [5.41, 5.74) is -4.65. The molecule has 0 atom stereocenters. The maximum Gasteiger partial charge on any atom is 0.433 e. The average molecular weight is 493 g/mol. The molecule has 0 unspecified atom stereocenters. The highest BCUT2D eigenvalue weighted by atomic mass is 19.4. The van der Waals surface area contributed by atoms with Crippen molar-refractivity contribution in [3.05, 3.63) is 47.9 Å². The molecule has 3 aromatic heterocycles. The third-order valence-corrected chi connectivity index (χ3v) is 4.54. The number of rotatable bonds is 6. The maximum absolute atomic E-state index is 13.1. The molecule has 0 fully saturated rings. The van der Waals surface area contributed by atoms with E-state index in [0.29, 0.717) is 6.07 Å². The van der Waals surface area contributed by atoms with Gasteiger partial charge < -0.3 is 15.7 Å². The molecule has 16 heteroatoms. The van der Waals surface area contributed by atoms with E-state index in [0.717, 1.165) is 18.3 Å². The van der Waals surface area contributed by atoms with Gasteiger partial charge in [-0.25, -0.2) is 4.98 Å². The summed E-state index contributed by atoms with van der Waals surface area (Å²) >= 11 is 0. The Bertz CT molecular complexity index is 1220. The normalized spacial score (nSPS) is 12.9. The van der Waals surface area contributed by atoms with Crippen molar-refractivity contribution in [2.45, 2.75) is 37.1 Å². The zero-order valence-electron chi connectivity index (χ0n) is 18.1. The third kappa shape index (κ3) is 6.38. The SMILES string of the molecule is [B]C([B])(Nc1nc(Nc2ccnc(C(F)(F)F)c2)nc(-c2cccc(C(F)(F)F)n2)n1)C(C)(C)O. The number of alkyl halides is 6. The number of anilines is 3. The van der Waals surface area contributed by atoms with Crippen LogP contribution < -0.4 is 10.6 Å². The zero-order valence-corrected chi connectivity index (χ0v) is 18.1. The second kappa shape index (κ2) is 8.98. The molecule has 8 nitrogen and oxygen atoms in total. The van der Waals surface area contributed by atoms with Crippen LogP contribution in [0.25, 0.3) is 11.5 Å². The molecule has 0 aliphatic rings. The summed E-state index contributed by atoms with van der Waals surface area (Å²) in [4.78, 5) is 18.6. The minimum atomic E-state index is -4.76. The summed E-state index contributed by atoms with van der Waals surface area (Å²) in [5.74, 6) is -1.19. The van der Waals surface area contributed by atoms with Gasteiger partial charge in [0.05, 0.1) is 21.3 Å². The van der Waals surface area contributed by atoms with Gasteiger partial charge in [-0.05, 0) is 43.5 Å². The number of halogens is 6. The van der Waals surface area contributed by atoms with Crippen LogP contribution in [0.15, 0.2) is 36.5 Å². The number of aliphatic hydroxyl groups is 1. The first-order valence-electron chi connectivity index (χ1n) is 9.65. The molecule has 0 saturated carbocycles. The van der Waals surface area contributed by atoms with Crippen molar-refractivity contribution in [1.82, 2.24) is 24.9 Å². The van der Waals surface area contributed by atoms with E-state index in [4.69, 9.17) is 15.7 Å². The number of pyridine rings is 2. The van der Waals surface area contributed by atoms with E-state index in [1.54, 1.807) is 0 Å². The van der Waals surface area contributed by atoms with Crippen LogP contribution in [0.1, 0.15) is 25.2 Å². The van der Waals surface area contributed by atoms with Crippen LogP contribution in [0.3, 0.4) is 0 Å². The molecule has 35 heavy (non-hydrogen) atoms. The standard InChI is InChI=1S/C19H15B2F6N7O/c1-16(2,35)19(20,21)34-15-32-13(10-4-3-5-11(30-10)17(22,23)24)31-14(33-15)29-9-6-7-28-12(8-9)18(25,26)27/h3-8,35H,1-2H3,(H2,28,29,31,32,33,34). The summed E-state index contributed by atoms with van der Waals surface area (Å²) in [6, 6.07) is 4.84. The fourth-order valence-electron chi connectivity index (χ4n) is 2.45. The first-order chi connectivity index (χ1) is 16.0. The Morgan fingerprint density at radius 2 is 1.46 bits per heavy atom. The molecule has 3 N–H and O–H groups in total. The average Bonchev–Trinajstić information content (AvgIpc) is 2.71. The first kappa shape index (κ1) is 26.2. The fourth-order valence-corrected chi connectivity index (χ4v) is 2.45. The van der Waals surface area contributed by atoms with Crippen molar-refractivity contribution >= 4 is 33.3 Å². The second-order valence-electron chi connectivity index (χ2n) is 7.82. The molecular weight excluding hydrogens is 478 g/mol. The number of hydrogen-bond acceptors (Lipinski definition) is 8. The van der Waals surface area contributed by atoms with E-state index in [-0.39, 0.29) is 17.3 Å². The molecule has 0 aliphatic heterocycles. The summed E-state index contributed by atoms with van der Waals surface area (Å²) in [6.45, 7) is 2.54. The Kier molecular flexibility index (Phi) is 6.72. The predicted octanol–water partition coefficient (Wildman–Crippen LogP) is 3.28. The van der Waals surface area contributed by atoms with Crippen LogP contribution >= 0.6 is 0 Å². The molecule has 180 valence electrons. The van der Waals surface area contributed by atoms with Crippen LogP contribution in [0.5, 0.6) is 0 Å². The maximum atomic E-state index is 13.1. The van der Waals surface area contributed by atoms with E-state index < -0.39 is 46.5 Å². The van der Waals surface area contributed by atoms with Gasteiger partial charge in [0.2, 0.25) is 11.9 Å². The molecule has 0 aromatic carbocycles. The topological polar surface area (TPSA) is 109 Å². The van der Waals surface area contributed by atoms with E-state index in [1.165, 1.54) is 26.0 Å². The summed E-state index contributed by atoms with van der Waals surface area (Å²) in [5, 5.41) is 13.1. The molecule has 0 aliphatic carbocycles. The zero-order chi connectivity index (χ0) is 26.2. The highest BCUT2D eigenvalue weighted by molar-refractivity contribution is 6.42. The van der Waals surface area contributed by atoms with Crippen molar-refractivity contribution in [3.8, 4) is 11.5 Å². The quantitative estimate of drug-likeness (QED) is 0.355. The van der Waals surface area contributed by atoms with Crippen LogP contribution in [0.2, 0.25) is 0 Å².